The van der Waals surface area contributed by atoms with Gasteiger partial charge in [-0.2, -0.15) is 0 Å². The molecule has 0 saturated carbocycles. The minimum atomic E-state index is -0.429. The van der Waals surface area contributed by atoms with Gasteiger partial charge >= 0.3 is 0 Å². The SMILES string of the molecule is O=C1C(Nc2cccc(F)c2)=C(Sc2ccccc2)C(=O)N1Cc1ccccc1. The van der Waals surface area contributed by atoms with Gasteiger partial charge in [0.05, 0.1) is 6.54 Å². The van der Waals surface area contributed by atoms with E-state index in [0.717, 1.165) is 10.5 Å². The molecular weight excluding hydrogens is 387 g/mol. The number of anilines is 1. The molecule has 0 radical (unpaired) electrons. The summed E-state index contributed by atoms with van der Waals surface area (Å²) in [6.45, 7) is 0.172. The van der Waals surface area contributed by atoms with Crippen LogP contribution in [-0.2, 0) is 16.1 Å². The number of carbonyl (C=O) groups is 2. The fraction of sp³-hybridized carbons (Fsp3) is 0.0435. The van der Waals surface area contributed by atoms with Gasteiger partial charge in [0.1, 0.15) is 16.4 Å². The number of imide groups is 1. The highest BCUT2D eigenvalue weighted by Gasteiger charge is 2.39. The first-order valence-corrected chi connectivity index (χ1v) is 9.83. The second-order valence-electron chi connectivity index (χ2n) is 6.44. The van der Waals surface area contributed by atoms with Crippen molar-refractivity contribution in [3.05, 3.63) is 107 Å². The van der Waals surface area contributed by atoms with E-state index in [0.29, 0.717) is 10.6 Å². The third-order valence-electron chi connectivity index (χ3n) is 4.37. The van der Waals surface area contributed by atoms with Gasteiger partial charge in [-0.15, -0.1) is 0 Å². The minimum Gasteiger partial charge on any atom is -0.350 e. The highest BCUT2D eigenvalue weighted by atomic mass is 32.2. The lowest BCUT2D eigenvalue weighted by Gasteiger charge is -2.15. The topological polar surface area (TPSA) is 49.4 Å². The molecule has 144 valence electrons. The van der Waals surface area contributed by atoms with E-state index in [1.165, 1.54) is 28.8 Å². The van der Waals surface area contributed by atoms with Gasteiger partial charge in [0.25, 0.3) is 11.8 Å². The number of hydrogen-bond acceptors (Lipinski definition) is 4. The van der Waals surface area contributed by atoms with Crippen LogP contribution in [0.2, 0.25) is 0 Å². The second kappa shape index (κ2) is 8.32. The van der Waals surface area contributed by atoms with E-state index >= 15 is 0 Å². The van der Waals surface area contributed by atoms with E-state index in [1.54, 1.807) is 12.1 Å². The Bertz CT molecular complexity index is 1080. The van der Waals surface area contributed by atoms with Gasteiger partial charge in [-0.05, 0) is 35.9 Å². The van der Waals surface area contributed by atoms with Crippen LogP contribution in [0.1, 0.15) is 5.56 Å². The number of hydrogen-bond donors (Lipinski definition) is 1. The molecule has 1 aliphatic rings. The van der Waals surface area contributed by atoms with Crippen molar-refractivity contribution in [2.75, 3.05) is 5.32 Å². The minimum absolute atomic E-state index is 0.158. The Morgan fingerprint density at radius 1 is 0.828 bits per heavy atom. The number of halogens is 1. The Labute approximate surface area is 172 Å². The maximum atomic E-state index is 13.6. The summed E-state index contributed by atoms with van der Waals surface area (Å²) in [7, 11) is 0. The number of benzene rings is 3. The molecule has 3 aromatic carbocycles. The van der Waals surface area contributed by atoms with Gasteiger partial charge in [-0.1, -0.05) is 66.4 Å². The summed E-state index contributed by atoms with van der Waals surface area (Å²) in [6, 6.07) is 24.5. The van der Waals surface area contributed by atoms with Gasteiger partial charge in [0.15, 0.2) is 0 Å². The van der Waals surface area contributed by atoms with Crippen LogP contribution in [0.25, 0.3) is 0 Å². The zero-order valence-electron chi connectivity index (χ0n) is 15.3. The summed E-state index contributed by atoms with van der Waals surface area (Å²) in [5, 5.41) is 2.95. The summed E-state index contributed by atoms with van der Waals surface area (Å²) < 4.78 is 13.6. The predicted molar refractivity (Wildman–Crippen MR) is 111 cm³/mol. The highest BCUT2D eigenvalue weighted by molar-refractivity contribution is 8.04. The van der Waals surface area contributed by atoms with Crippen molar-refractivity contribution in [1.82, 2.24) is 4.90 Å². The maximum Gasteiger partial charge on any atom is 0.278 e. The Hall–Kier alpha value is -3.38. The van der Waals surface area contributed by atoms with Gasteiger partial charge in [0.2, 0.25) is 0 Å². The van der Waals surface area contributed by atoms with E-state index in [1.807, 2.05) is 60.7 Å². The van der Waals surface area contributed by atoms with E-state index < -0.39 is 11.7 Å². The summed E-state index contributed by atoms with van der Waals surface area (Å²) in [6.07, 6.45) is 0. The van der Waals surface area contributed by atoms with Crippen molar-refractivity contribution < 1.29 is 14.0 Å². The lowest BCUT2D eigenvalue weighted by molar-refractivity contribution is -0.137. The molecule has 0 saturated heterocycles. The standard InChI is InChI=1S/C23H17FN2O2S/c24-17-10-7-11-18(14-17)25-20-21(29-19-12-5-2-6-13-19)23(28)26(22(20)27)15-16-8-3-1-4-9-16/h1-14,25H,15H2. The lowest BCUT2D eigenvalue weighted by Crippen LogP contribution is -2.31. The van der Waals surface area contributed by atoms with Crippen molar-refractivity contribution >= 4 is 29.3 Å². The van der Waals surface area contributed by atoms with E-state index in [9.17, 15) is 14.0 Å². The molecule has 0 spiro atoms. The van der Waals surface area contributed by atoms with Gasteiger partial charge in [-0.25, -0.2) is 4.39 Å². The van der Waals surface area contributed by atoms with E-state index in [4.69, 9.17) is 0 Å². The van der Waals surface area contributed by atoms with Crippen LogP contribution >= 0.6 is 11.8 Å². The predicted octanol–water partition coefficient (Wildman–Crippen LogP) is 4.81. The average Bonchev–Trinajstić information content (AvgIpc) is 2.94. The van der Waals surface area contributed by atoms with Crippen LogP contribution in [0.5, 0.6) is 0 Å². The molecule has 3 aromatic rings. The van der Waals surface area contributed by atoms with Gasteiger partial charge in [-0.3, -0.25) is 14.5 Å². The third-order valence-corrected chi connectivity index (χ3v) is 5.46. The summed E-state index contributed by atoms with van der Waals surface area (Å²) in [5.41, 5.74) is 1.42. The molecule has 4 rings (SSSR count). The van der Waals surface area contributed by atoms with Gasteiger partial charge in [0, 0.05) is 10.6 Å². The molecule has 4 nitrogen and oxygen atoms in total. The van der Waals surface area contributed by atoms with E-state index in [2.05, 4.69) is 5.32 Å². The Kier molecular flexibility index (Phi) is 5.44. The average molecular weight is 404 g/mol. The fourth-order valence-corrected chi connectivity index (χ4v) is 3.95. The van der Waals surface area contributed by atoms with Crippen molar-refractivity contribution in [3.63, 3.8) is 0 Å². The Balaban J connectivity index is 1.68. The first-order chi connectivity index (χ1) is 14.1. The Morgan fingerprint density at radius 2 is 1.52 bits per heavy atom. The molecule has 1 aliphatic heterocycles. The number of thioether (sulfide) groups is 1. The van der Waals surface area contributed by atoms with Gasteiger partial charge < -0.3 is 5.32 Å². The van der Waals surface area contributed by atoms with Crippen LogP contribution in [0, 0.1) is 5.82 Å². The van der Waals surface area contributed by atoms with Crippen molar-refractivity contribution in [2.45, 2.75) is 11.4 Å². The summed E-state index contributed by atoms with van der Waals surface area (Å²) in [4.78, 5) is 28.5. The number of carbonyl (C=O) groups excluding carboxylic acids is 2. The molecule has 0 aromatic heterocycles. The first kappa shape index (κ1) is 19.0. The molecule has 0 atom stereocenters. The van der Waals surface area contributed by atoms with Crippen molar-refractivity contribution in [2.24, 2.45) is 0 Å². The number of amides is 2. The molecule has 29 heavy (non-hydrogen) atoms. The number of nitrogens with zero attached hydrogens (tertiary/aromatic N) is 1. The largest absolute Gasteiger partial charge is 0.350 e. The molecular formula is C23H17FN2O2S. The van der Waals surface area contributed by atoms with Crippen LogP contribution in [0.15, 0.2) is 100 Å². The molecule has 2 amide bonds. The fourth-order valence-electron chi connectivity index (χ4n) is 2.99. The molecule has 1 heterocycles. The number of nitrogens with one attached hydrogen (secondary N) is 1. The smallest absolute Gasteiger partial charge is 0.278 e. The molecule has 0 unspecified atom stereocenters. The van der Waals surface area contributed by atoms with E-state index in [-0.39, 0.29) is 18.1 Å². The van der Waals surface area contributed by atoms with Crippen molar-refractivity contribution in [1.29, 1.82) is 0 Å². The Morgan fingerprint density at radius 3 is 2.21 bits per heavy atom. The lowest BCUT2D eigenvalue weighted by atomic mass is 10.2. The quantitative estimate of drug-likeness (QED) is 0.599. The maximum absolute atomic E-state index is 13.6. The first-order valence-electron chi connectivity index (χ1n) is 9.02. The number of rotatable bonds is 6. The summed E-state index contributed by atoms with van der Waals surface area (Å²) >= 11 is 1.22. The molecule has 0 fully saturated rings. The highest BCUT2D eigenvalue weighted by Crippen LogP contribution is 2.36. The zero-order valence-corrected chi connectivity index (χ0v) is 16.2. The zero-order chi connectivity index (χ0) is 20.2. The van der Waals surface area contributed by atoms with Crippen molar-refractivity contribution in [3.8, 4) is 0 Å². The van der Waals surface area contributed by atoms with Crippen LogP contribution in [0.3, 0.4) is 0 Å². The van der Waals surface area contributed by atoms with Crippen LogP contribution in [-0.4, -0.2) is 16.7 Å². The normalized spacial score (nSPS) is 13.9. The molecule has 0 bridgehead atoms. The third kappa shape index (κ3) is 4.22. The monoisotopic (exact) mass is 404 g/mol. The van der Waals surface area contributed by atoms with Crippen LogP contribution < -0.4 is 5.32 Å². The molecule has 6 heteroatoms. The molecule has 0 aliphatic carbocycles. The molecule has 1 N–H and O–H groups in total. The van der Waals surface area contributed by atoms with Crippen LogP contribution in [0.4, 0.5) is 10.1 Å². The second-order valence-corrected chi connectivity index (χ2v) is 7.52. The summed E-state index contributed by atoms with van der Waals surface area (Å²) in [5.74, 6) is -1.22.